The zero-order valence-corrected chi connectivity index (χ0v) is 14.7. The van der Waals surface area contributed by atoms with Crippen LogP contribution in [0.2, 0.25) is 5.02 Å². The normalized spacial score (nSPS) is 20.3. The zero-order chi connectivity index (χ0) is 17.3. The molecule has 1 aromatic carbocycles. The maximum absolute atomic E-state index is 12.4. The molecule has 2 aromatic rings. The molecule has 5 nitrogen and oxygen atoms in total. The van der Waals surface area contributed by atoms with Crippen LogP contribution in [0.4, 0.5) is 0 Å². The van der Waals surface area contributed by atoms with E-state index in [4.69, 9.17) is 16.7 Å². The predicted molar refractivity (Wildman–Crippen MR) is 93.1 cm³/mol. The van der Waals surface area contributed by atoms with Crippen LogP contribution in [-0.4, -0.2) is 40.0 Å². The summed E-state index contributed by atoms with van der Waals surface area (Å²) in [6, 6.07) is 7.45. The highest BCUT2D eigenvalue weighted by molar-refractivity contribution is 7.13. The van der Waals surface area contributed by atoms with Gasteiger partial charge in [0.25, 0.3) is 0 Å². The number of aliphatic carboxylic acids is 1. The lowest BCUT2D eigenvalue weighted by Gasteiger charge is -2.14. The second-order valence-electron chi connectivity index (χ2n) is 6.02. The van der Waals surface area contributed by atoms with Crippen molar-refractivity contribution in [3.8, 4) is 10.6 Å². The Balaban J connectivity index is 1.68. The summed E-state index contributed by atoms with van der Waals surface area (Å²) in [5, 5.41) is 12.4. The fourth-order valence-corrected chi connectivity index (χ4v) is 4.05. The summed E-state index contributed by atoms with van der Waals surface area (Å²) in [5.74, 6) is -1.43. The topological polar surface area (TPSA) is 70.5 Å². The summed E-state index contributed by atoms with van der Waals surface area (Å²) >= 11 is 7.62. The monoisotopic (exact) mass is 364 g/mol. The lowest BCUT2D eigenvalue weighted by atomic mass is 9.99. The molecule has 1 amide bonds. The third-order valence-electron chi connectivity index (χ3n) is 4.27. The first-order valence-corrected chi connectivity index (χ1v) is 8.91. The maximum Gasteiger partial charge on any atom is 0.308 e. The van der Waals surface area contributed by atoms with Gasteiger partial charge in [-0.1, -0.05) is 36.7 Å². The molecule has 126 valence electrons. The minimum absolute atomic E-state index is 0.0272. The molecule has 2 atom stereocenters. The van der Waals surface area contributed by atoms with Gasteiger partial charge in [-0.25, -0.2) is 4.98 Å². The number of carboxylic acids is 1. The van der Waals surface area contributed by atoms with E-state index in [0.717, 1.165) is 10.6 Å². The van der Waals surface area contributed by atoms with Crippen molar-refractivity contribution in [2.45, 2.75) is 13.3 Å². The van der Waals surface area contributed by atoms with Gasteiger partial charge < -0.3 is 10.0 Å². The molecule has 0 spiro atoms. The standard InChI is InChI=1S/C17H17ClN2O3S/c1-10-7-20(8-13(10)17(22)23)15(21)6-11-9-24-16(19-11)12-4-2-3-5-14(12)18/h2-5,9-10,13H,6-8H2,1H3,(H,22,23)/t10-,13-/m1/s1. The van der Waals surface area contributed by atoms with E-state index in [2.05, 4.69) is 4.98 Å². The second-order valence-corrected chi connectivity index (χ2v) is 7.29. The van der Waals surface area contributed by atoms with E-state index in [1.54, 1.807) is 11.0 Å². The first kappa shape index (κ1) is 16.9. The molecule has 0 unspecified atom stereocenters. The number of carbonyl (C=O) groups excluding carboxylic acids is 1. The first-order valence-electron chi connectivity index (χ1n) is 7.65. The number of aromatic nitrogens is 1. The van der Waals surface area contributed by atoms with Crippen LogP contribution in [0.1, 0.15) is 12.6 Å². The van der Waals surface area contributed by atoms with Gasteiger partial charge in [0.05, 0.1) is 23.1 Å². The number of amides is 1. The average Bonchev–Trinajstić information content (AvgIpc) is 3.14. The quantitative estimate of drug-likeness (QED) is 0.904. The molecule has 0 aliphatic carbocycles. The van der Waals surface area contributed by atoms with Crippen molar-refractivity contribution >= 4 is 34.8 Å². The van der Waals surface area contributed by atoms with Gasteiger partial charge in [0, 0.05) is 24.0 Å². The number of benzene rings is 1. The third kappa shape index (κ3) is 3.44. The third-order valence-corrected chi connectivity index (χ3v) is 5.52. The molecule has 1 aliphatic heterocycles. The van der Waals surface area contributed by atoms with Crippen LogP contribution in [0.15, 0.2) is 29.6 Å². The largest absolute Gasteiger partial charge is 0.481 e. The summed E-state index contributed by atoms with van der Waals surface area (Å²) < 4.78 is 0. The number of nitrogens with zero attached hydrogens (tertiary/aromatic N) is 2. The van der Waals surface area contributed by atoms with Crippen molar-refractivity contribution in [2.24, 2.45) is 11.8 Å². The Kier molecular flexibility index (Phi) is 4.87. The Labute approximate surface area is 148 Å². The van der Waals surface area contributed by atoms with Crippen molar-refractivity contribution in [1.82, 2.24) is 9.88 Å². The highest BCUT2D eigenvalue weighted by Gasteiger charge is 2.36. The molecule has 1 aliphatic rings. The molecule has 7 heteroatoms. The Morgan fingerprint density at radius 1 is 1.38 bits per heavy atom. The summed E-state index contributed by atoms with van der Waals surface area (Å²) in [5.41, 5.74) is 1.54. The van der Waals surface area contributed by atoms with Crippen LogP contribution in [0.3, 0.4) is 0 Å². The SMILES string of the molecule is C[C@@H]1CN(C(=O)Cc2csc(-c3ccccc3Cl)n2)C[C@H]1C(=O)O. The lowest BCUT2D eigenvalue weighted by molar-refractivity contribution is -0.142. The minimum atomic E-state index is -0.840. The Bertz CT molecular complexity index is 777. The van der Waals surface area contributed by atoms with E-state index in [0.29, 0.717) is 17.3 Å². The molecule has 3 rings (SSSR count). The predicted octanol–water partition coefficient (Wildman–Crippen LogP) is 3.19. The van der Waals surface area contributed by atoms with Gasteiger partial charge in [0.2, 0.25) is 5.91 Å². The highest BCUT2D eigenvalue weighted by atomic mass is 35.5. The molecule has 1 N–H and O–H groups in total. The first-order chi connectivity index (χ1) is 11.5. The number of carbonyl (C=O) groups is 2. The van der Waals surface area contributed by atoms with Gasteiger partial charge >= 0.3 is 5.97 Å². The number of carboxylic acid groups (broad SMARTS) is 1. The van der Waals surface area contributed by atoms with Crippen LogP contribution in [-0.2, 0) is 16.0 Å². The number of hydrogen-bond acceptors (Lipinski definition) is 4. The van der Waals surface area contributed by atoms with Crippen LogP contribution in [0.25, 0.3) is 10.6 Å². The molecular weight excluding hydrogens is 348 g/mol. The van der Waals surface area contributed by atoms with Crippen LogP contribution in [0.5, 0.6) is 0 Å². The Morgan fingerprint density at radius 2 is 2.12 bits per heavy atom. The summed E-state index contributed by atoms with van der Waals surface area (Å²) in [6.45, 7) is 2.62. The fraction of sp³-hybridized carbons (Fsp3) is 0.353. The highest BCUT2D eigenvalue weighted by Crippen LogP contribution is 2.30. The molecule has 0 bridgehead atoms. The molecule has 2 heterocycles. The fourth-order valence-electron chi connectivity index (χ4n) is 2.91. The summed E-state index contributed by atoms with van der Waals surface area (Å²) in [7, 11) is 0. The second kappa shape index (κ2) is 6.91. The van der Waals surface area contributed by atoms with Crippen molar-refractivity contribution in [3.63, 3.8) is 0 Å². The Morgan fingerprint density at radius 3 is 2.79 bits per heavy atom. The van der Waals surface area contributed by atoms with Crippen LogP contribution >= 0.6 is 22.9 Å². The minimum Gasteiger partial charge on any atom is -0.481 e. The van der Waals surface area contributed by atoms with E-state index >= 15 is 0 Å². The van der Waals surface area contributed by atoms with Gasteiger partial charge in [-0.2, -0.15) is 0 Å². The molecule has 1 fully saturated rings. The van der Waals surface area contributed by atoms with E-state index < -0.39 is 11.9 Å². The average molecular weight is 365 g/mol. The van der Waals surface area contributed by atoms with Gasteiger partial charge in [0.15, 0.2) is 0 Å². The van der Waals surface area contributed by atoms with Gasteiger partial charge in [-0.15, -0.1) is 11.3 Å². The van der Waals surface area contributed by atoms with E-state index in [-0.39, 0.29) is 24.8 Å². The number of thiazole rings is 1. The van der Waals surface area contributed by atoms with E-state index in [1.165, 1.54) is 11.3 Å². The van der Waals surface area contributed by atoms with Gasteiger partial charge in [0.1, 0.15) is 5.01 Å². The summed E-state index contributed by atoms with van der Waals surface area (Å²) in [4.78, 5) is 29.7. The number of likely N-dealkylation sites (tertiary alicyclic amines) is 1. The molecule has 1 saturated heterocycles. The number of rotatable bonds is 4. The van der Waals surface area contributed by atoms with E-state index in [1.807, 2.05) is 30.5 Å². The van der Waals surface area contributed by atoms with Crippen molar-refractivity contribution in [1.29, 1.82) is 0 Å². The van der Waals surface area contributed by atoms with E-state index in [9.17, 15) is 9.59 Å². The number of halogens is 1. The van der Waals surface area contributed by atoms with Crippen molar-refractivity contribution in [2.75, 3.05) is 13.1 Å². The lowest BCUT2D eigenvalue weighted by Crippen LogP contribution is -2.31. The summed E-state index contributed by atoms with van der Waals surface area (Å²) in [6.07, 6.45) is 0.181. The molecular formula is C17H17ClN2O3S. The molecule has 1 aromatic heterocycles. The molecule has 0 saturated carbocycles. The zero-order valence-electron chi connectivity index (χ0n) is 13.1. The number of hydrogen-bond donors (Lipinski definition) is 1. The van der Waals surface area contributed by atoms with Crippen LogP contribution < -0.4 is 0 Å². The van der Waals surface area contributed by atoms with Gasteiger partial charge in [-0.05, 0) is 12.0 Å². The van der Waals surface area contributed by atoms with Gasteiger partial charge in [-0.3, -0.25) is 9.59 Å². The molecule has 0 radical (unpaired) electrons. The molecule has 24 heavy (non-hydrogen) atoms. The Hall–Kier alpha value is -1.92. The smallest absolute Gasteiger partial charge is 0.308 e. The van der Waals surface area contributed by atoms with Crippen LogP contribution in [0, 0.1) is 11.8 Å². The van der Waals surface area contributed by atoms with Crippen molar-refractivity contribution < 1.29 is 14.7 Å². The maximum atomic E-state index is 12.4. The van der Waals surface area contributed by atoms with Crippen molar-refractivity contribution in [3.05, 3.63) is 40.4 Å².